The molecule has 0 aromatic rings. The summed E-state index contributed by atoms with van der Waals surface area (Å²) >= 11 is 0. The maximum absolute atomic E-state index is 10.4. The Bertz CT molecular complexity index is 257. The van der Waals surface area contributed by atoms with Crippen molar-refractivity contribution in [3.8, 4) is 0 Å². The average molecular weight is 284 g/mol. The van der Waals surface area contributed by atoms with Crippen molar-refractivity contribution in [1.82, 2.24) is 9.80 Å². The van der Waals surface area contributed by atoms with E-state index in [1.165, 1.54) is 32.1 Å². The summed E-state index contributed by atoms with van der Waals surface area (Å²) in [7, 11) is 0. The zero-order valence-electron chi connectivity index (χ0n) is 13.3. The highest BCUT2D eigenvalue weighted by molar-refractivity contribution is 4.77. The van der Waals surface area contributed by atoms with Gasteiger partial charge in [0.25, 0.3) is 0 Å². The molecule has 0 bridgehead atoms. The predicted molar refractivity (Wildman–Crippen MR) is 82.0 cm³/mol. The van der Waals surface area contributed by atoms with Crippen LogP contribution in [0.4, 0.5) is 0 Å². The van der Waals surface area contributed by atoms with Crippen LogP contribution in [0.5, 0.6) is 0 Å². The van der Waals surface area contributed by atoms with E-state index >= 15 is 0 Å². The summed E-state index contributed by atoms with van der Waals surface area (Å²) in [6, 6.07) is 0. The number of ether oxygens (including phenoxy) is 1. The Morgan fingerprint density at radius 1 is 0.900 bits per heavy atom. The molecule has 0 saturated carbocycles. The van der Waals surface area contributed by atoms with Crippen molar-refractivity contribution in [2.45, 2.75) is 64.3 Å². The van der Waals surface area contributed by atoms with Gasteiger partial charge in [-0.25, -0.2) is 0 Å². The fraction of sp³-hybridized carbons (Fsp3) is 1.00. The molecule has 118 valence electrons. The largest absolute Gasteiger partial charge is 0.390 e. The molecule has 0 aromatic carbocycles. The molecular formula is C16H32N2O2. The fourth-order valence-corrected chi connectivity index (χ4v) is 3.58. The van der Waals surface area contributed by atoms with E-state index in [2.05, 4.69) is 23.6 Å². The highest BCUT2D eigenvalue weighted by Gasteiger charge is 2.24. The Balaban J connectivity index is 1.71. The highest BCUT2D eigenvalue weighted by atomic mass is 16.5. The summed E-state index contributed by atoms with van der Waals surface area (Å²) < 4.78 is 5.74. The lowest BCUT2D eigenvalue weighted by Crippen LogP contribution is -2.49. The third-order valence-corrected chi connectivity index (χ3v) is 4.38. The van der Waals surface area contributed by atoms with Crippen molar-refractivity contribution in [3.63, 3.8) is 0 Å². The molecule has 3 unspecified atom stereocenters. The molecule has 2 aliphatic heterocycles. The number of β-amino-alcohol motifs (C(OH)–C–C–N with tert-alkyl or cyclic N) is 1. The zero-order chi connectivity index (χ0) is 14.4. The van der Waals surface area contributed by atoms with Crippen LogP contribution in [0.1, 0.15) is 46.0 Å². The number of aliphatic hydroxyl groups is 1. The van der Waals surface area contributed by atoms with Crippen molar-refractivity contribution in [2.75, 3.05) is 39.3 Å². The summed E-state index contributed by atoms with van der Waals surface area (Å²) in [5.74, 6) is 0. The number of hydrogen-bond acceptors (Lipinski definition) is 4. The van der Waals surface area contributed by atoms with E-state index in [0.29, 0.717) is 0 Å². The van der Waals surface area contributed by atoms with Gasteiger partial charge in [-0.1, -0.05) is 19.3 Å². The first-order valence-corrected chi connectivity index (χ1v) is 8.41. The molecule has 20 heavy (non-hydrogen) atoms. The third-order valence-electron chi connectivity index (χ3n) is 4.38. The first kappa shape index (κ1) is 16.2. The van der Waals surface area contributed by atoms with Gasteiger partial charge in [0.05, 0.1) is 18.3 Å². The van der Waals surface area contributed by atoms with E-state index in [-0.39, 0.29) is 18.3 Å². The molecule has 2 fully saturated rings. The van der Waals surface area contributed by atoms with Crippen LogP contribution in [-0.4, -0.2) is 72.5 Å². The maximum Gasteiger partial charge on any atom is 0.0793 e. The van der Waals surface area contributed by atoms with Crippen LogP contribution in [-0.2, 0) is 4.74 Å². The summed E-state index contributed by atoms with van der Waals surface area (Å²) in [4.78, 5) is 4.81. The number of nitrogens with zero attached hydrogens (tertiary/aromatic N) is 2. The molecule has 3 atom stereocenters. The van der Waals surface area contributed by atoms with Gasteiger partial charge in [-0.3, -0.25) is 4.90 Å². The van der Waals surface area contributed by atoms with Gasteiger partial charge in [0.1, 0.15) is 0 Å². The van der Waals surface area contributed by atoms with E-state index in [9.17, 15) is 5.11 Å². The summed E-state index contributed by atoms with van der Waals surface area (Å²) in [6.07, 6.45) is 7.01. The second kappa shape index (κ2) is 8.32. The van der Waals surface area contributed by atoms with Gasteiger partial charge in [0, 0.05) is 26.2 Å². The van der Waals surface area contributed by atoms with Crippen LogP contribution in [0.3, 0.4) is 0 Å². The van der Waals surface area contributed by atoms with Crippen molar-refractivity contribution in [1.29, 1.82) is 0 Å². The van der Waals surface area contributed by atoms with Crippen LogP contribution in [0.25, 0.3) is 0 Å². The second-order valence-electron chi connectivity index (χ2n) is 6.70. The third kappa shape index (κ3) is 5.68. The van der Waals surface area contributed by atoms with Crippen molar-refractivity contribution < 1.29 is 9.84 Å². The number of likely N-dealkylation sites (tertiary alicyclic amines) is 1. The molecule has 2 saturated heterocycles. The van der Waals surface area contributed by atoms with Crippen LogP contribution in [0.2, 0.25) is 0 Å². The lowest BCUT2D eigenvalue weighted by Gasteiger charge is -2.37. The molecule has 0 radical (unpaired) electrons. The van der Waals surface area contributed by atoms with E-state index in [1.54, 1.807) is 0 Å². The minimum Gasteiger partial charge on any atom is -0.390 e. The smallest absolute Gasteiger partial charge is 0.0793 e. The monoisotopic (exact) mass is 284 g/mol. The van der Waals surface area contributed by atoms with Crippen molar-refractivity contribution in [3.05, 3.63) is 0 Å². The summed E-state index contributed by atoms with van der Waals surface area (Å²) in [6.45, 7) is 10.1. The van der Waals surface area contributed by atoms with Crippen molar-refractivity contribution >= 4 is 0 Å². The van der Waals surface area contributed by atoms with Gasteiger partial charge in [-0.05, 0) is 39.8 Å². The van der Waals surface area contributed by atoms with Gasteiger partial charge >= 0.3 is 0 Å². The number of morpholine rings is 1. The lowest BCUT2D eigenvalue weighted by atomic mass is 10.1. The maximum atomic E-state index is 10.4. The standard InChI is InChI=1S/C16H32N2O2/c1-14-10-18(11-15(2)20-14)13-16(19)12-17-8-6-4-3-5-7-9-17/h14-16,19H,3-13H2,1-2H3. The number of hydrogen-bond donors (Lipinski definition) is 1. The second-order valence-corrected chi connectivity index (χ2v) is 6.70. The molecular weight excluding hydrogens is 252 g/mol. The van der Waals surface area contributed by atoms with Gasteiger partial charge in [-0.2, -0.15) is 0 Å². The molecule has 0 amide bonds. The lowest BCUT2D eigenvalue weighted by molar-refractivity contribution is -0.0780. The molecule has 0 aliphatic carbocycles. The molecule has 0 spiro atoms. The quantitative estimate of drug-likeness (QED) is 0.853. The molecule has 4 heteroatoms. The fourth-order valence-electron chi connectivity index (χ4n) is 3.58. The SMILES string of the molecule is CC1CN(CC(O)CN2CCCCCCC2)CC(C)O1. The Morgan fingerprint density at radius 3 is 2.00 bits per heavy atom. The summed E-state index contributed by atoms with van der Waals surface area (Å²) in [5, 5.41) is 10.4. The van der Waals surface area contributed by atoms with E-state index in [1.807, 2.05) is 0 Å². The van der Waals surface area contributed by atoms with Crippen LogP contribution < -0.4 is 0 Å². The van der Waals surface area contributed by atoms with Gasteiger partial charge < -0.3 is 14.7 Å². The Hall–Kier alpha value is -0.160. The first-order chi connectivity index (χ1) is 9.63. The van der Waals surface area contributed by atoms with Gasteiger partial charge in [-0.15, -0.1) is 0 Å². The van der Waals surface area contributed by atoms with Gasteiger partial charge in [0.15, 0.2) is 0 Å². The highest BCUT2D eigenvalue weighted by Crippen LogP contribution is 2.13. The number of aliphatic hydroxyl groups excluding tert-OH is 1. The summed E-state index contributed by atoms with van der Waals surface area (Å²) in [5.41, 5.74) is 0. The molecule has 4 nitrogen and oxygen atoms in total. The topological polar surface area (TPSA) is 35.9 Å². The zero-order valence-corrected chi connectivity index (χ0v) is 13.3. The van der Waals surface area contributed by atoms with Crippen LogP contribution in [0, 0.1) is 0 Å². The molecule has 2 rings (SSSR count). The normalized spacial score (nSPS) is 32.5. The van der Waals surface area contributed by atoms with Gasteiger partial charge in [0.2, 0.25) is 0 Å². The first-order valence-electron chi connectivity index (χ1n) is 8.41. The Kier molecular flexibility index (Phi) is 6.75. The molecule has 2 aliphatic rings. The minimum absolute atomic E-state index is 0.230. The molecule has 2 heterocycles. The van der Waals surface area contributed by atoms with E-state index < -0.39 is 0 Å². The number of rotatable bonds is 4. The van der Waals surface area contributed by atoms with Crippen LogP contribution >= 0.6 is 0 Å². The van der Waals surface area contributed by atoms with Crippen molar-refractivity contribution in [2.24, 2.45) is 0 Å². The van der Waals surface area contributed by atoms with E-state index in [4.69, 9.17) is 4.74 Å². The average Bonchev–Trinajstić information content (AvgIpc) is 2.31. The van der Waals surface area contributed by atoms with Crippen LogP contribution in [0.15, 0.2) is 0 Å². The Labute approximate surface area is 124 Å². The molecule has 1 N–H and O–H groups in total. The minimum atomic E-state index is -0.230. The predicted octanol–water partition coefficient (Wildman–Crippen LogP) is 1.72. The molecule has 0 aromatic heterocycles. The Morgan fingerprint density at radius 2 is 1.40 bits per heavy atom. The van der Waals surface area contributed by atoms with E-state index in [0.717, 1.165) is 39.3 Å².